The number of carbonyl (C=O) groups is 1. The Balaban J connectivity index is 1.64. The lowest BCUT2D eigenvalue weighted by Crippen LogP contribution is -2.39. The van der Waals surface area contributed by atoms with Crippen molar-refractivity contribution in [3.8, 4) is 5.75 Å². The molecule has 0 spiro atoms. The van der Waals surface area contributed by atoms with Crippen molar-refractivity contribution in [2.24, 2.45) is 5.92 Å². The number of carbonyl (C=O) groups excluding carboxylic acids is 1. The Morgan fingerprint density at radius 3 is 2.70 bits per heavy atom. The Kier molecular flexibility index (Phi) is 5.87. The highest BCUT2D eigenvalue weighted by molar-refractivity contribution is 5.78. The molecule has 2 rings (SSSR count). The number of nitrogens with zero attached hydrogens (tertiary/aromatic N) is 1. The summed E-state index contributed by atoms with van der Waals surface area (Å²) in [7, 11) is 1.90. The van der Waals surface area contributed by atoms with E-state index in [-0.39, 0.29) is 11.8 Å². The van der Waals surface area contributed by atoms with Crippen LogP contribution in [-0.4, -0.2) is 44.1 Å². The average molecular weight is 276 g/mol. The highest BCUT2D eigenvalue weighted by atomic mass is 16.5. The van der Waals surface area contributed by atoms with E-state index < -0.39 is 0 Å². The molecule has 110 valence electrons. The van der Waals surface area contributed by atoms with Gasteiger partial charge >= 0.3 is 0 Å². The molecule has 0 radical (unpaired) electrons. The van der Waals surface area contributed by atoms with Gasteiger partial charge in [-0.2, -0.15) is 0 Å². The standard InChI is InChI=1S/C16H24N2O2/c1-18(16(19)14-8-10-17-11-9-14)12-5-13-20-15-6-3-2-4-7-15/h2-4,6-7,14,17H,5,8-13H2,1H3. The summed E-state index contributed by atoms with van der Waals surface area (Å²) in [5.41, 5.74) is 0. The topological polar surface area (TPSA) is 41.6 Å². The van der Waals surface area contributed by atoms with Crippen molar-refractivity contribution in [3.05, 3.63) is 30.3 Å². The monoisotopic (exact) mass is 276 g/mol. The molecule has 1 aliphatic rings. The number of para-hydroxylation sites is 1. The molecule has 0 saturated carbocycles. The zero-order valence-electron chi connectivity index (χ0n) is 12.2. The maximum absolute atomic E-state index is 12.2. The van der Waals surface area contributed by atoms with E-state index in [0.717, 1.165) is 44.6 Å². The number of piperidine rings is 1. The number of nitrogens with one attached hydrogen (secondary N) is 1. The van der Waals surface area contributed by atoms with Gasteiger partial charge in [0.15, 0.2) is 0 Å². The van der Waals surface area contributed by atoms with E-state index in [1.807, 2.05) is 42.3 Å². The minimum atomic E-state index is 0.205. The lowest BCUT2D eigenvalue weighted by Gasteiger charge is -2.26. The fraction of sp³-hybridized carbons (Fsp3) is 0.562. The van der Waals surface area contributed by atoms with Gasteiger partial charge in [0.2, 0.25) is 5.91 Å². The summed E-state index contributed by atoms with van der Waals surface area (Å²) in [6.07, 6.45) is 2.79. The van der Waals surface area contributed by atoms with Crippen LogP contribution in [0.5, 0.6) is 5.75 Å². The zero-order chi connectivity index (χ0) is 14.2. The second kappa shape index (κ2) is 7.90. The van der Waals surface area contributed by atoms with E-state index in [9.17, 15) is 4.79 Å². The van der Waals surface area contributed by atoms with E-state index in [4.69, 9.17) is 4.74 Å². The van der Waals surface area contributed by atoms with Crippen LogP contribution >= 0.6 is 0 Å². The fourth-order valence-corrected chi connectivity index (χ4v) is 2.50. The normalized spacial score (nSPS) is 15.8. The van der Waals surface area contributed by atoms with Gasteiger partial charge in [0, 0.05) is 19.5 Å². The maximum Gasteiger partial charge on any atom is 0.225 e. The molecule has 0 bridgehead atoms. The lowest BCUT2D eigenvalue weighted by atomic mass is 9.97. The van der Waals surface area contributed by atoms with Crippen LogP contribution in [0.3, 0.4) is 0 Å². The summed E-state index contributed by atoms with van der Waals surface area (Å²) in [4.78, 5) is 14.1. The predicted molar refractivity (Wildman–Crippen MR) is 79.8 cm³/mol. The Labute approximate surface area is 121 Å². The van der Waals surface area contributed by atoms with E-state index in [1.165, 1.54) is 0 Å². The predicted octanol–water partition coefficient (Wildman–Crippen LogP) is 1.91. The van der Waals surface area contributed by atoms with Crippen molar-refractivity contribution in [2.45, 2.75) is 19.3 Å². The first-order chi connectivity index (χ1) is 9.77. The molecular formula is C16H24N2O2. The summed E-state index contributed by atoms with van der Waals surface area (Å²) >= 11 is 0. The summed E-state index contributed by atoms with van der Waals surface area (Å²) < 4.78 is 5.63. The van der Waals surface area contributed by atoms with Crippen LogP contribution < -0.4 is 10.1 Å². The van der Waals surface area contributed by atoms with Gasteiger partial charge in [-0.25, -0.2) is 0 Å². The molecule has 1 fully saturated rings. The third kappa shape index (κ3) is 4.53. The summed E-state index contributed by atoms with van der Waals surface area (Å²) in [5.74, 6) is 1.38. The van der Waals surface area contributed by atoms with Gasteiger partial charge in [-0.15, -0.1) is 0 Å². The summed E-state index contributed by atoms with van der Waals surface area (Å²) in [6.45, 7) is 3.33. The van der Waals surface area contributed by atoms with Crippen LogP contribution in [0.2, 0.25) is 0 Å². The zero-order valence-corrected chi connectivity index (χ0v) is 12.2. The second-order valence-corrected chi connectivity index (χ2v) is 5.30. The first-order valence-electron chi connectivity index (χ1n) is 7.41. The fourth-order valence-electron chi connectivity index (χ4n) is 2.50. The van der Waals surface area contributed by atoms with Crippen LogP contribution in [0, 0.1) is 5.92 Å². The summed E-state index contributed by atoms with van der Waals surface area (Å²) in [6, 6.07) is 9.79. The number of hydrogen-bond donors (Lipinski definition) is 1. The molecule has 1 aromatic carbocycles. The van der Waals surface area contributed by atoms with Crippen molar-refractivity contribution in [1.82, 2.24) is 10.2 Å². The van der Waals surface area contributed by atoms with Gasteiger partial charge in [-0.05, 0) is 44.5 Å². The lowest BCUT2D eigenvalue weighted by molar-refractivity contribution is -0.135. The molecular weight excluding hydrogens is 252 g/mol. The molecule has 0 aromatic heterocycles. The van der Waals surface area contributed by atoms with Gasteiger partial charge in [0.1, 0.15) is 5.75 Å². The molecule has 4 heteroatoms. The van der Waals surface area contributed by atoms with E-state index in [0.29, 0.717) is 6.61 Å². The van der Waals surface area contributed by atoms with Crippen molar-refractivity contribution < 1.29 is 9.53 Å². The minimum absolute atomic E-state index is 0.205. The molecule has 4 nitrogen and oxygen atoms in total. The highest BCUT2D eigenvalue weighted by Gasteiger charge is 2.23. The van der Waals surface area contributed by atoms with Crippen molar-refractivity contribution >= 4 is 5.91 Å². The smallest absolute Gasteiger partial charge is 0.225 e. The van der Waals surface area contributed by atoms with Crippen molar-refractivity contribution in [1.29, 1.82) is 0 Å². The van der Waals surface area contributed by atoms with E-state index in [2.05, 4.69) is 5.32 Å². The molecule has 1 amide bonds. The molecule has 1 aromatic rings. The second-order valence-electron chi connectivity index (χ2n) is 5.30. The Morgan fingerprint density at radius 2 is 2.00 bits per heavy atom. The van der Waals surface area contributed by atoms with Gasteiger partial charge in [0.05, 0.1) is 6.61 Å². The average Bonchev–Trinajstić information content (AvgIpc) is 2.52. The quantitative estimate of drug-likeness (QED) is 0.807. The van der Waals surface area contributed by atoms with Crippen LogP contribution in [-0.2, 0) is 4.79 Å². The number of ether oxygens (including phenoxy) is 1. The molecule has 0 unspecified atom stereocenters. The molecule has 1 heterocycles. The third-order valence-electron chi connectivity index (χ3n) is 3.71. The molecule has 1 aliphatic heterocycles. The summed E-state index contributed by atoms with van der Waals surface area (Å²) in [5, 5.41) is 3.29. The Hall–Kier alpha value is -1.55. The van der Waals surface area contributed by atoms with Crippen LogP contribution in [0.4, 0.5) is 0 Å². The molecule has 20 heavy (non-hydrogen) atoms. The minimum Gasteiger partial charge on any atom is -0.494 e. The first-order valence-corrected chi connectivity index (χ1v) is 7.41. The maximum atomic E-state index is 12.2. The highest BCUT2D eigenvalue weighted by Crippen LogP contribution is 2.14. The van der Waals surface area contributed by atoms with Gasteiger partial charge in [0.25, 0.3) is 0 Å². The third-order valence-corrected chi connectivity index (χ3v) is 3.71. The molecule has 1 saturated heterocycles. The number of hydrogen-bond acceptors (Lipinski definition) is 3. The Morgan fingerprint density at radius 1 is 1.30 bits per heavy atom. The number of amides is 1. The van der Waals surface area contributed by atoms with Crippen LogP contribution in [0.15, 0.2) is 30.3 Å². The molecule has 0 aliphatic carbocycles. The number of benzene rings is 1. The van der Waals surface area contributed by atoms with Gasteiger partial charge in [-0.1, -0.05) is 18.2 Å². The van der Waals surface area contributed by atoms with E-state index in [1.54, 1.807) is 0 Å². The largest absolute Gasteiger partial charge is 0.494 e. The van der Waals surface area contributed by atoms with Crippen molar-refractivity contribution in [3.63, 3.8) is 0 Å². The van der Waals surface area contributed by atoms with Crippen molar-refractivity contribution in [2.75, 3.05) is 33.3 Å². The van der Waals surface area contributed by atoms with Gasteiger partial charge < -0.3 is 15.0 Å². The SMILES string of the molecule is CN(CCCOc1ccccc1)C(=O)C1CCNCC1. The van der Waals surface area contributed by atoms with Gasteiger partial charge in [-0.3, -0.25) is 4.79 Å². The first kappa shape index (κ1) is 14.9. The molecule has 0 atom stereocenters. The van der Waals surface area contributed by atoms with Crippen LogP contribution in [0.25, 0.3) is 0 Å². The van der Waals surface area contributed by atoms with E-state index >= 15 is 0 Å². The number of rotatable bonds is 6. The Bertz CT molecular complexity index is 402. The molecule has 1 N–H and O–H groups in total. The van der Waals surface area contributed by atoms with Crippen LogP contribution in [0.1, 0.15) is 19.3 Å².